The Kier molecular flexibility index (Phi) is 4.72. The first-order valence-corrected chi connectivity index (χ1v) is 9.17. The number of carbonyl (C=O) groups is 1. The third-order valence-corrected chi connectivity index (χ3v) is 5.02. The van der Waals surface area contributed by atoms with Gasteiger partial charge in [0.2, 0.25) is 5.91 Å². The van der Waals surface area contributed by atoms with Crippen molar-refractivity contribution in [2.45, 2.75) is 57.7 Å². The molecule has 0 radical (unpaired) electrons. The van der Waals surface area contributed by atoms with Gasteiger partial charge in [0.05, 0.1) is 16.7 Å². The Bertz CT molecular complexity index is 881. The average Bonchev–Trinajstić information content (AvgIpc) is 2.48. The molecule has 1 aliphatic rings. The highest BCUT2D eigenvalue weighted by molar-refractivity contribution is 9.10. The summed E-state index contributed by atoms with van der Waals surface area (Å²) in [4.78, 5) is 25.0. The van der Waals surface area contributed by atoms with Crippen molar-refractivity contribution in [2.24, 2.45) is 0 Å². The van der Waals surface area contributed by atoms with Crippen LogP contribution in [0.1, 0.15) is 45.2 Å². The summed E-state index contributed by atoms with van der Waals surface area (Å²) in [6.07, 6.45) is 1.06. The molecule has 1 aliphatic carbocycles. The molecule has 1 saturated carbocycles. The predicted octanol–water partition coefficient (Wildman–Crippen LogP) is 2.31. The number of nitrogens with zero attached hydrogens (tertiary/aromatic N) is 2. The summed E-state index contributed by atoms with van der Waals surface area (Å²) >= 11 is 3.39. The Morgan fingerprint density at radius 1 is 1.44 bits per heavy atom. The Hall–Kier alpha value is -1.73. The zero-order valence-electron chi connectivity index (χ0n) is 14.5. The van der Waals surface area contributed by atoms with E-state index in [9.17, 15) is 14.7 Å². The largest absolute Gasteiger partial charge is 0.390 e. The number of nitrogens with one attached hydrogen (secondary N) is 1. The van der Waals surface area contributed by atoms with Gasteiger partial charge in [0.1, 0.15) is 6.54 Å². The molecule has 0 aliphatic heterocycles. The molecule has 1 heterocycles. The molecule has 0 spiro atoms. The van der Waals surface area contributed by atoms with Crippen LogP contribution in [0.3, 0.4) is 0 Å². The quantitative estimate of drug-likeness (QED) is 0.814. The van der Waals surface area contributed by atoms with E-state index in [0.29, 0.717) is 18.2 Å². The Labute approximate surface area is 154 Å². The normalized spacial score (nSPS) is 22.9. The highest BCUT2D eigenvalue weighted by atomic mass is 79.9. The molecule has 0 bridgehead atoms. The number of hydrogen-bond acceptors (Lipinski definition) is 4. The van der Waals surface area contributed by atoms with Gasteiger partial charge in [-0.3, -0.25) is 9.59 Å². The molecule has 0 unspecified atom stereocenters. The highest BCUT2D eigenvalue weighted by Crippen LogP contribution is 2.31. The lowest BCUT2D eigenvalue weighted by atomic mass is 9.77. The molecule has 1 fully saturated rings. The van der Waals surface area contributed by atoms with Gasteiger partial charge in [-0.25, -0.2) is 4.68 Å². The first kappa shape index (κ1) is 18.1. The molecule has 0 saturated heterocycles. The van der Waals surface area contributed by atoms with Gasteiger partial charge >= 0.3 is 0 Å². The van der Waals surface area contributed by atoms with Crippen molar-refractivity contribution in [3.63, 3.8) is 0 Å². The second kappa shape index (κ2) is 6.53. The molecule has 2 aromatic rings. The summed E-state index contributed by atoms with van der Waals surface area (Å²) in [7, 11) is 0. The van der Waals surface area contributed by atoms with Crippen LogP contribution in [0.2, 0.25) is 0 Å². The summed E-state index contributed by atoms with van der Waals surface area (Å²) in [5, 5.41) is 18.4. The zero-order chi connectivity index (χ0) is 18.4. The Morgan fingerprint density at radius 3 is 2.72 bits per heavy atom. The summed E-state index contributed by atoms with van der Waals surface area (Å²) < 4.78 is 2.04. The van der Waals surface area contributed by atoms with Crippen LogP contribution in [-0.4, -0.2) is 32.4 Å². The van der Waals surface area contributed by atoms with Crippen molar-refractivity contribution < 1.29 is 9.90 Å². The van der Waals surface area contributed by atoms with Crippen LogP contribution < -0.4 is 10.9 Å². The van der Waals surface area contributed by atoms with Gasteiger partial charge in [0.15, 0.2) is 0 Å². The van der Waals surface area contributed by atoms with Gasteiger partial charge in [-0.05, 0) is 37.8 Å². The minimum atomic E-state index is -0.701. The van der Waals surface area contributed by atoms with Crippen molar-refractivity contribution in [3.05, 3.63) is 38.7 Å². The lowest BCUT2D eigenvalue weighted by molar-refractivity contribution is -0.125. The van der Waals surface area contributed by atoms with Gasteiger partial charge < -0.3 is 10.4 Å². The summed E-state index contributed by atoms with van der Waals surface area (Å²) in [5.74, 6) is -0.139. The summed E-state index contributed by atoms with van der Waals surface area (Å²) in [6.45, 7) is 5.64. The fraction of sp³-hybridized carbons (Fsp3) is 0.500. The number of aliphatic hydroxyl groups is 1. The van der Waals surface area contributed by atoms with Crippen LogP contribution in [0.25, 0.3) is 10.8 Å². The molecular weight excluding hydrogens is 386 g/mol. The lowest BCUT2D eigenvalue weighted by Gasteiger charge is -2.41. The smallest absolute Gasteiger partial charge is 0.275 e. The van der Waals surface area contributed by atoms with Crippen molar-refractivity contribution >= 4 is 32.6 Å². The van der Waals surface area contributed by atoms with E-state index >= 15 is 0 Å². The van der Waals surface area contributed by atoms with Gasteiger partial charge in [-0.1, -0.05) is 35.8 Å². The fourth-order valence-electron chi connectivity index (χ4n) is 3.33. The van der Waals surface area contributed by atoms with Crippen molar-refractivity contribution in [2.75, 3.05) is 0 Å². The molecular formula is C18H22BrN3O3. The first-order chi connectivity index (χ1) is 11.7. The summed E-state index contributed by atoms with van der Waals surface area (Å²) in [5.41, 5.74) is -0.189. The third kappa shape index (κ3) is 3.77. The number of amides is 1. The molecule has 1 aromatic carbocycles. The van der Waals surface area contributed by atoms with Crippen LogP contribution in [0.4, 0.5) is 0 Å². The molecule has 2 N–H and O–H groups in total. The topological polar surface area (TPSA) is 84.2 Å². The van der Waals surface area contributed by atoms with Gasteiger partial charge in [-0.15, -0.1) is 0 Å². The van der Waals surface area contributed by atoms with E-state index in [2.05, 4.69) is 26.3 Å². The average molecular weight is 408 g/mol. The van der Waals surface area contributed by atoms with E-state index in [-0.39, 0.29) is 30.0 Å². The van der Waals surface area contributed by atoms with Crippen LogP contribution in [0.5, 0.6) is 0 Å². The number of aromatic nitrogens is 2. The number of rotatable bonds is 4. The predicted molar refractivity (Wildman–Crippen MR) is 99.6 cm³/mol. The van der Waals surface area contributed by atoms with Crippen molar-refractivity contribution in [1.82, 2.24) is 15.1 Å². The van der Waals surface area contributed by atoms with E-state index < -0.39 is 5.60 Å². The van der Waals surface area contributed by atoms with Crippen LogP contribution >= 0.6 is 15.9 Å². The van der Waals surface area contributed by atoms with Gasteiger partial charge in [0, 0.05) is 15.9 Å². The van der Waals surface area contributed by atoms with Crippen molar-refractivity contribution in [3.8, 4) is 0 Å². The van der Waals surface area contributed by atoms with Gasteiger partial charge in [0.25, 0.3) is 5.56 Å². The standard InChI is InChI=1S/C18H22BrN3O3/c1-10(2)16-13-5-4-11(19)6-14(13)17(24)22(21-16)9-15(23)20-12-7-18(3,25)8-12/h4-6,10,12,25H,7-9H2,1-3H3,(H,20,23). The maximum Gasteiger partial charge on any atom is 0.275 e. The van der Waals surface area contributed by atoms with Gasteiger partial charge in [-0.2, -0.15) is 5.10 Å². The maximum atomic E-state index is 12.7. The van der Waals surface area contributed by atoms with E-state index in [4.69, 9.17) is 0 Å². The monoisotopic (exact) mass is 407 g/mol. The number of fused-ring (bicyclic) bond motifs is 1. The molecule has 1 amide bonds. The second-order valence-electron chi connectivity index (χ2n) is 7.36. The number of carbonyl (C=O) groups excluding carboxylic acids is 1. The van der Waals surface area contributed by atoms with E-state index in [0.717, 1.165) is 15.6 Å². The van der Waals surface area contributed by atoms with E-state index in [1.54, 1.807) is 13.0 Å². The van der Waals surface area contributed by atoms with E-state index in [1.165, 1.54) is 4.68 Å². The molecule has 6 nitrogen and oxygen atoms in total. The summed E-state index contributed by atoms with van der Waals surface area (Å²) in [6, 6.07) is 5.49. The third-order valence-electron chi connectivity index (χ3n) is 4.53. The van der Waals surface area contributed by atoms with Crippen LogP contribution in [0.15, 0.2) is 27.5 Å². The minimum absolute atomic E-state index is 0.0441. The molecule has 134 valence electrons. The highest BCUT2D eigenvalue weighted by Gasteiger charge is 2.39. The second-order valence-corrected chi connectivity index (χ2v) is 8.28. The number of halogens is 1. The Morgan fingerprint density at radius 2 is 2.12 bits per heavy atom. The minimum Gasteiger partial charge on any atom is -0.390 e. The van der Waals surface area contributed by atoms with E-state index in [1.807, 2.05) is 26.0 Å². The maximum absolute atomic E-state index is 12.7. The SMILES string of the molecule is CC(C)c1nn(CC(=O)NC2CC(C)(O)C2)c(=O)c2cc(Br)ccc12. The molecule has 1 aromatic heterocycles. The number of hydrogen-bond donors (Lipinski definition) is 2. The van der Waals surface area contributed by atoms with Crippen molar-refractivity contribution in [1.29, 1.82) is 0 Å². The molecule has 25 heavy (non-hydrogen) atoms. The fourth-order valence-corrected chi connectivity index (χ4v) is 3.69. The van der Waals surface area contributed by atoms with Crippen LogP contribution in [-0.2, 0) is 11.3 Å². The first-order valence-electron chi connectivity index (χ1n) is 8.38. The lowest BCUT2D eigenvalue weighted by Crippen LogP contribution is -2.54. The van der Waals surface area contributed by atoms with Crippen LogP contribution in [0, 0.1) is 0 Å². The zero-order valence-corrected chi connectivity index (χ0v) is 16.1. The number of benzene rings is 1. The molecule has 3 rings (SSSR count). The Balaban J connectivity index is 1.89. The molecule has 7 heteroatoms. The molecule has 0 atom stereocenters.